The Kier molecular flexibility index (Phi) is 10.5. The first-order valence-electron chi connectivity index (χ1n) is 8.65. The second-order valence-corrected chi connectivity index (χ2v) is 5.64. The van der Waals surface area contributed by atoms with Crippen molar-refractivity contribution in [1.29, 1.82) is 0 Å². The maximum atomic E-state index is 10.1. The van der Waals surface area contributed by atoms with Gasteiger partial charge in [-0.3, -0.25) is 4.99 Å². The second kappa shape index (κ2) is 12.4. The Bertz CT molecular complexity index is 678. The standard InChI is InChI=1S/C20H27N3O2.HI/c1-3-21-20(22-14-12-16-8-5-4-6-9-16)23-15-13-17-10-7-11-18(25-2)19(17)24;/h4-11,24H,3,12-15H2,1-2H3,(H2,21,22,23);1H. The van der Waals surface area contributed by atoms with Crippen LogP contribution >= 0.6 is 24.0 Å². The summed E-state index contributed by atoms with van der Waals surface area (Å²) in [7, 11) is 1.55. The van der Waals surface area contributed by atoms with E-state index in [9.17, 15) is 5.11 Å². The van der Waals surface area contributed by atoms with Gasteiger partial charge in [0.05, 0.1) is 7.11 Å². The van der Waals surface area contributed by atoms with Crippen LogP contribution in [0, 0.1) is 0 Å². The third kappa shape index (κ3) is 7.11. The van der Waals surface area contributed by atoms with Crippen LogP contribution < -0.4 is 15.4 Å². The van der Waals surface area contributed by atoms with Crippen molar-refractivity contribution in [1.82, 2.24) is 10.6 Å². The van der Waals surface area contributed by atoms with Crippen LogP contribution in [0.3, 0.4) is 0 Å². The molecule has 142 valence electrons. The lowest BCUT2D eigenvalue weighted by molar-refractivity contribution is 0.370. The predicted molar refractivity (Wildman–Crippen MR) is 118 cm³/mol. The number of guanidine groups is 1. The van der Waals surface area contributed by atoms with E-state index in [2.05, 4.69) is 39.9 Å². The molecule has 3 N–H and O–H groups in total. The summed E-state index contributed by atoms with van der Waals surface area (Å²) in [6.07, 6.45) is 1.60. The first-order chi connectivity index (χ1) is 12.2. The lowest BCUT2D eigenvalue weighted by atomic mass is 10.1. The number of benzene rings is 2. The highest BCUT2D eigenvalue weighted by Crippen LogP contribution is 2.29. The Labute approximate surface area is 172 Å². The van der Waals surface area contributed by atoms with E-state index in [1.54, 1.807) is 13.2 Å². The smallest absolute Gasteiger partial charge is 0.191 e. The van der Waals surface area contributed by atoms with Crippen LogP contribution in [-0.4, -0.2) is 37.8 Å². The lowest BCUT2D eigenvalue weighted by Gasteiger charge is -2.12. The van der Waals surface area contributed by atoms with Crippen molar-refractivity contribution in [2.75, 3.05) is 26.7 Å². The minimum atomic E-state index is 0. The molecule has 0 fully saturated rings. The largest absolute Gasteiger partial charge is 0.504 e. The molecule has 0 radical (unpaired) electrons. The summed E-state index contributed by atoms with van der Waals surface area (Å²) < 4.78 is 5.14. The molecule has 0 heterocycles. The van der Waals surface area contributed by atoms with Gasteiger partial charge in [0.1, 0.15) is 0 Å². The molecule has 0 aliphatic carbocycles. The van der Waals surface area contributed by atoms with Crippen molar-refractivity contribution in [3.63, 3.8) is 0 Å². The van der Waals surface area contributed by atoms with Gasteiger partial charge in [0.25, 0.3) is 0 Å². The van der Waals surface area contributed by atoms with Crippen LogP contribution in [0.2, 0.25) is 0 Å². The van der Waals surface area contributed by atoms with Gasteiger partial charge in [-0.1, -0.05) is 42.5 Å². The molecule has 0 unspecified atom stereocenters. The van der Waals surface area contributed by atoms with Crippen LogP contribution in [0.25, 0.3) is 0 Å². The highest BCUT2D eigenvalue weighted by molar-refractivity contribution is 14.0. The highest BCUT2D eigenvalue weighted by Gasteiger charge is 2.06. The Morgan fingerprint density at radius 3 is 2.50 bits per heavy atom. The van der Waals surface area contributed by atoms with E-state index in [1.165, 1.54) is 5.56 Å². The molecule has 0 amide bonds. The Balaban J connectivity index is 0.00000338. The van der Waals surface area contributed by atoms with Crippen molar-refractivity contribution in [2.24, 2.45) is 4.99 Å². The van der Waals surface area contributed by atoms with Gasteiger partial charge < -0.3 is 20.5 Å². The highest BCUT2D eigenvalue weighted by atomic mass is 127. The molecule has 2 rings (SSSR count). The van der Waals surface area contributed by atoms with Crippen molar-refractivity contribution in [2.45, 2.75) is 19.8 Å². The van der Waals surface area contributed by atoms with Gasteiger partial charge in [-0.05, 0) is 37.0 Å². The summed E-state index contributed by atoms with van der Waals surface area (Å²) in [5, 5.41) is 16.7. The number of ether oxygens (including phenoxy) is 1. The van der Waals surface area contributed by atoms with Gasteiger partial charge in [-0.15, -0.1) is 24.0 Å². The molecule has 0 atom stereocenters. The van der Waals surface area contributed by atoms with Crippen molar-refractivity contribution in [3.05, 3.63) is 59.7 Å². The van der Waals surface area contributed by atoms with Gasteiger partial charge >= 0.3 is 0 Å². The summed E-state index contributed by atoms with van der Waals surface area (Å²) in [6, 6.07) is 15.9. The molecule has 26 heavy (non-hydrogen) atoms. The number of rotatable bonds is 8. The lowest BCUT2D eigenvalue weighted by Crippen LogP contribution is -2.38. The van der Waals surface area contributed by atoms with Crippen molar-refractivity contribution < 1.29 is 9.84 Å². The molecule has 0 saturated heterocycles. The molecule has 6 heteroatoms. The van der Waals surface area contributed by atoms with Crippen LogP contribution in [-0.2, 0) is 12.8 Å². The monoisotopic (exact) mass is 469 g/mol. The molecule has 0 aliphatic heterocycles. The molecule has 0 aromatic heterocycles. The van der Waals surface area contributed by atoms with E-state index in [-0.39, 0.29) is 29.7 Å². The Morgan fingerprint density at radius 1 is 1.04 bits per heavy atom. The number of hydrogen-bond acceptors (Lipinski definition) is 3. The van der Waals surface area contributed by atoms with Gasteiger partial charge in [0.15, 0.2) is 17.5 Å². The minimum Gasteiger partial charge on any atom is -0.504 e. The maximum absolute atomic E-state index is 10.1. The summed E-state index contributed by atoms with van der Waals surface area (Å²) in [5.41, 5.74) is 2.13. The quantitative estimate of drug-likeness (QED) is 0.315. The topological polar surface area (TPSA) is 65.9 Å². The zero-order chi connectivity index (χ0) is 17.9. The van der Waals surface area contributed by atoms with Crippen LogP contribution in [0.5, 0.6) is 11.5 Å². The van der Waals surface area contributed by atoms with Gasteiger partial charge in [-0.2, -0.15) is 0 Å². The van der Waals surface area contributed by atoms with E-state index in [1.807, 2.05) is 25.1 Å². The average molecular weight is 469 g/mol. The molecule has 2 aromatic rings. The average Bonchev–Trinajstić information content (AvgIpc) is 2.64. The number of hydrogen-bond donors (Lipinski definition) is 3. The first kappa shape index (κ1) is 22.1. The Morgan fingerprint density at radius 2 is 1.81 bits per heavy atom. The normalized spacial score (nSPS) is 10.8. The van der Waals surface area contributed by atoms with E-state index in [0.717, 1.165) is 31.0 Å². The number of methoxy groups -OCH3 is 1. The number of halogens is 1. The van der Waals surface area contributed by atoms with Crippen LogP contribution in [0.1, 0.15) is 18.1 Å². The summed E-state index contributed by atoms with van der Waals surface area (Å²) in [5.74, 6) is 1.48. The zero-order valence-corrected chi connectivity index (χ0v) is 17.7. The number of phenolic OH excluding ortho intramolecular Hbond substituents is 1. The van der Waals surface area contributed by atoms with Crippen LogP contribution in [0.4, 0.5) is 0 Å². The number of nitrogens with one attached hydrogen (secondary N) is 2. The molecule has 0 saturated carbocycles. The van der Waals surface area contributed by atoms with Crippen LogP contribution in [0.15, 0.2) is 53.5 Å². The van der Waals surface area contributed by atoms with E-state index < -0.39 is 0 Å². The number of para-hydroxylation sites is 1. The Hall–Kier alpha value is -1.96. The second-order valence-electron chi connectivity index (χ2n) is 5.64. The summed E-state index contributed by atoms with van der Waals surface area (Å²) in [4.78, 5) is 4.58. The van der Waals surface area contributed by atoms with Crippen molar-refractivity contribution in [3.8, 4) is 11.5 Å². The SMILES string of the molecule is CCNC(=NCCc1cccc(OC)c1O)NCCc1ccccc1.I. The fraction of sp³-hybridized carbons (Fsp3) is 0.350. The third-order valence-electron chi connectivity index (χ3n) is 3.85. The number of phenols is 1. The summed E-state index contributed by atoms with van der Waals surface area (Å²) in [6.45, 7) is 4.26. The van der Waals surface area contributed by atoms with E-state index in [4.69, 9.17) is 4.74 Å². The number of aliphatic imine (C=N–C) groups is 1. The maximum Gasteiger partial charge on any atom is 0.191 e. The fourth-order valence-corrected chi connectivity index (χ4v) is 2.53. The van der Waals surface area contributed by atoms with E-state index in [0.29, 0.717) is 18.7 Å². The molecule has 2 aromatic carbocycles. The molecule has 0 spiro atoms. The predicted octanol–water partition coefficient (Wildman–Crippen LogP) is 3.36. The molecule has 0 bridgehead atoms. The first-order valence-corrected chi connectivity index (χ1v) is 8.65. The zero-order valence-electron chi connectivity index (χ0n) is 15.4. The number of aromatic hydroxyl groups is 1. The third-order valence-corrected chi connectivity index (χ3v) is 3.85. The van der Waals surface area contributed by atoms with Gasteiger partial charge in [0.2, 0.25) is 0 Å². The van der Waals surface area contributed by atoms with Gasteiger partial charge in [-0.25, -0.2) is 0 Å². The summed E-state index contributed by atoms with van der Waals surface area (Å²) >= 11 is 0. The molecule has 0 aliphatic rings. The minimum absolute atomic E-state index is 0. The number of nitrogens with zero attached hydrogens (tertiary/aromatic N) is 1. The molecular weight excluding hydrogens is 441 g/mol. The van der Waals surface area contributed by atoms with E-state index >= 15 is 0 Å². The van der Waals surface area contributed by atoms with Crippen molar-refractivity contribution >= 4 is 29.9 Å². The van der Waals surface area contributed by atoms with Gasteiger partial charge in [0, 0.05) is 19.6 Å². The molecule has 5 nitrogen and oxygen atoms in total. The fourth-order valence-electron chi connectivity index (χ4n) is 2.53. The molecular formula is C20H28IN3O2.